The summed E-state index contributed by atoms with van der Waals surface area (Å²) in [5.74, 6) is 0.725. The molecular weight excluding hydrogens is 330 g/mol. The summed E-state index contributed by atoms with van der Waals surface area (Å²) < 4.78 is 6.71. The summed E-state index contributed by atoms with van der Waals surface area (Å²) in [6.07, 6.45) is 0. The van der Waals surface area contributed by atoms with E-state index in [1.54, 1.807) is 18.2 Å². The molecule has 2 aromatic carbocycles. The van der Waals surface area contributed by atoms with E-state index in [-0.39, 0.29) is 10.6 Å². The molecule has 2 aromatic rings. The van der Waals surface area contributed by atoms with Crippen LogP contribution in [0.5, 0.6) is 11.5 Å². The molecule has 0 aliphatic carbocycles. The van der Waals surface area contributed by atoms with Crippen LogP contribution >= 0.6 is 27.5 Å². The van der Waals surface area contributed by atoms with Gasteiger partial charge in [-0.1, -0.05) is 27.5 Å². The molecule has 98 valence electrons. The highest BCUT2D eigenvalue weighted by Gasteiger charge is 2.09. The van der Waals surface area contributed by atoms with Crippen LogP contribution in [0.2, 0.25) is 5.02 Å². The van der Waals surface area contributed by atoms with Gasteiger partial charge in [0.05, 0.1) is 10.6 Å². The average Bonchev–Trinajstić information content (AvgIpc) is 2.32. The van der Waals surface area contributed by atoms with Gasteiger partial charge in [0.2, 0.25) is 5.91 Å². The van der Waals surface area contributed by atoms with Crippen molar-refractivity contribution in [1.82, 2.24) is 0 Å². The van der Waals surface area contributed by atoms with Gasteiger partial charge in [-0.25, -0.2) is 0 Å². The van der Waals surface area contributed by atoms with Crippen molar-refractivity contribution in [3.8, 4) is 11.5 Å². The third-order valence-electron chi connectivity index (χ3n) is 2.57. The molecule has 0 saturated heterocycles. The monoisotopic (exact) mass is 339 g/mol. The number of carbonyl (C=O) groups excluding carboxylic acids is 1. The molecule has 0 saturated carbocycles. The number of aryl methyl sites for hydroxylation is 1. The van der Waals surface area contributed by atoms with Gasteiger partial charge in [0.25, 0.3) is 0 Å². The maximum atomic E-state index is 11.1. The first-order chi connectivity index (χ1) is 8.97. The fraction of sp³-hybridized carbons (Fsp3) is 0.0714. The number of rotatable bonds is 3. The molecule has 2 N–H and O–H groups in total. The highest BCUT2D eigenvalue weighted by Crippen LogP contribution is 2.30. The second kappa shape index (κ2) is 5.63. The molecular formula is C14H11BrClNO2. The first-order valence-corrected chi connectivity index (χ1v) is 6.68. The molecule has 0 radical (unpaired) electrons. The minimum atomic E-state index is -0.559. The van der Waals surface area contributed by atoms with Crippen LogP contribution in [0.15, 0.2) is 40.9 Å². The van der Waals surface area contributed by atoms with Crippen molar-refractivity contribution >= 4 is 33.4 Å². The standard InChI is InChI=1S/C14H11BrClNO2/c1-8-6-9(15)2-5-13(8)19-10-3-4-11(14(17)18)12(16)7-10/h2-7H,1H3,(H2,17,18). The van der Waals surface area contributed by atoms with Gasteiger partial charge in [-0.3, -0.25) is 4.79 Å². The predicted molar refractivity (Wildman–Crippen MR) is 78.9 cm³/mol. The number of halogens is 2. The number of nitrogens with two attached hydrogens (primary N) is 1. The fourth-order valence-electron chi connectivity index (χ4n) is 1.61. The maximum absolute atomic E-state index is 11.1. The van der Waals surface area contributed by atoms with E-state index in [1.165, 1.54) is 0 Å². The van der Waals surface area contributed by atoms with Crippen molar-refractivity contribution in [2.24, 2.45) is 5.73 Å². The molecule has 0 atom stereocenters. The molecule has 5 heteroatoms. The molecule has 0 unspecified atom stereocenters. The van der Waals surface area contributed by atoms with E-state index in [2.05, 4.69) is 15.9 Å². The SMILES string of the molecule is Cc1cc(Br)ccc1Oc1ccc(C(N)=O)c(Cl)c1. The van der Waals surface area contributed by atoms with E-state index in [9.17, 15) is 4.79 Å². The van der Waals surface area contributed by atoms with Crippen LogP contribution in [0.1, 0.15) is 15.9 Å². The lowest BCUT2D eigenvalue weighted by Crippen LogP contribution is -2.11. The van der Waals surface area contributed by atoms with E-state index in [1.807, 2.05) is 25.1 Å². The summed E-state index contributed by atoms with van der Waals surface area (Å²) in [4.78, 5) is 11.1. The zero-order valence-corrected chi connectivity index (χ0v) is 12.5. The van der Waals surface area contributed by atoms with Gasteiger partial charge in [0.15, 0.2) is 0 Å². The Kier molecular flexibility index (Phi) is 4.12. The molecule has 0 heterocycles. The highest BCUT2D eigenvalue weighted by atomic mass is 79.9. The third kappa shape index (κ3) is 3.28. The lowest BCUT2D eigenvalue weighted by molar-refractivity contribution is 0.100. The van der Waals surface area contributed by atoms with Crippen LogP contribution in [0.4, 0.5) is 0 Å². The van der Waals surface area contributed by atoms with Gasteiger partial charge in [0.1, 0.15) is 11.5 Å². The van der Waals surface area contributed by atoms with Gasteiger partial charge in [-0.05, 0) is 42.8 Å². The summed E-state index contributed by atoms with van der Waals surface area (Å²) in [6.45, 7) is 1.94. The number of amides is 1. The normalized spacial score (nSPS) is 10.3. The fourth-order valence-corrected chi connectivity index (χ4v) is 2.35. The van der Waals surface area contributed by atoms with Crippen LogP contribution in [0.25, 0.3) is 0 Å². The molecule has 0 aliphatic rings. The Morgan fingerprint density at radius 1 is 1.26 bits per heavy atom. The second-order valence-corrected chi connectivity index (χ2v) is 5.34. The Morgan fingerprint density at radius 2 is 2.00 bits per heavy atom. The number of primary amides is 1. The Morgan fingerprint density at radius 3 is 2.58 bits per heavy atom. The number of benzene rings is 2. The summed E-state index contributed by atoms with van der Waals surface area (Å²) in [5, 5.41) is 0.278. The molecule has 0 fully saturated rings. The van der Waals surface area contributed by atoms with Crippen molar-refractivity contribution in [1.29, 1.82) is 0 Å². The zero-order valence-electron chi connectivity index (χ0n) is 10.1. The van der Waals surface area contributed by atoms with Crippen molar-refractivity contribution in [3.63, 3.8) is 0 Å². The number of ether oxygens (including phenoxy) is 1. The lowest BCUT2D eigenvalue weighted by atomic mass is 10.2. The summed E-state index contributed by atoms with van der Waals surface area (Å²) in [7, 11) is 0. The molecule has 0 aliphatic heterocycles. The van der Waals surface area contributed by atoms with Crippen molar-refractivity contribution in [2.75, 3.05) is 0 Å². The Bertz CT molecular complexity index is 643. The predicted octanol–water partition coefficient (Wildman–Crippen LogP) is 4.30. The first-order valence-electron chi connectivity index (χ1n) is 5.51. The summed E-state index contributed by atoms with van der Waals surface area (Å²) in [6, 6.07) is 10.5. The van der Waals surface area contributed by atoms with E-state index in [4.69, 9.17) is 22.1 Å². The lowest BCUT2D eigenvalue weighted by Gasteiger charge is -2.10. The topological polar surface area (TPSA) is 52.3 Å². The largest absolute Gasteiger partial charge is 0.457 e. The Balaban J connectivity index is 2.29. The van der Waals surface area contributed by atoms with Crippen LogP contribution in [0.3, 0.4) is 0 Å². The smallest absolute Gasteiger partial charge is 0.250 e. The molecule has 0 aromatic heterocycles. The molecule has 2 rings (SSSR count). The zero-order chi connectivity index (χ0) is 14.0. The van der Waals surface area contributed by atoms with Gasteiger partial charge in [0, 0.05) is 10.5 Å². The molecule has 1 amide bonds. The van der Waals surface area contributed by atoms with Crippen LogP contribution in [-0.4, -0.2) is 5.91 Å². The van der Waals surface area contributed by atoms with E-state index in [0.29, 0.717) is 5.75 Å². The maximum Gasteiger partial charge on any atom is 0.250 e. The molecule has 3 nitrogen and oxygen atoms in total. The minimum Gasteiger partial charge on any atom is -0.457 e. The summed E-state index contributed by atoms with van der Waals surface area (Å²) >= 11 is 9.36. The first kappa shape index (κ1) is 13.9. The third-order valence-corrected chi connectivity index (χ3v) is 3.38. The highest BCUT2D eigenvalue weighted by molar-refractivity contribution is 9.10. The van der Waals surface area contributed by atoms with Gasteiger partial charge < -0.3 is 10.5 Å². The number of hydrogen-bond acceptors (Lipinski definition) is 2. The van der Waals surface area contributed by atoms with Gasteiger partial charge in [-0.15, -0.1) is 0 Å². The van der Waals surface area contributed by atoms with Gasteiger partial charge in [-0.2, -0.15) is 0 Å². The number of hydrogen-bond donors (Lipinski definition) is 1. The van der Waals surface area contributed by atoms with E-state index in [0.717, 1.165) is 15.8 Å². The Hall–Kier alpha value is -1.52. The second-order valence-electron chi connectivity index (χ2n) is 4.02. The quantitative estimate of drug-likeness (QED) is 0.905. The van der Waals surface area contributed by atoms with Gasteiger partial charge >= 0.3 is 0 Å². The number of carbonyl (C=O) groups is 1. The average molecular weight is 341 g/mol. The van der Waals surface area contributed by atoms with Crippen molar-refractivity contribution < 1.29 is 9.53 Å². The van der Waals surface area contributed by atoms with E-state index >= 15 is 0 Å². The van der Waals surface area contributed by atoms with Crippen molar-refractivity contribution in [2.45, 2.75) is 6.92 Å². The van der Waals surface area contributed by atoms with E-state index < -0.39 is 5.91 Å². The van der Waals surface area contributed by atoms with Crippen LogP contribution in [-0.2, 0) is 0 Å². The Labute approximate surface area is 124 Å². The molecule has 0 bridgehead atoms. The molecule has 0 spiro atoms. The summed E-state index contributed by atoms with van der Waals surface area (Å²) in [5.41, 5.74) is 6.46. The minimum absolute atomic E-state index is 0.278. The van der Waals surface area contributed by atoms with Crippen LogP contribution in [0, 0.1) is 6.92 Å². The van der Waals surface area contributed by atoms with Crippen LogP contribution < -0.4 is 10.5 Å². The van der Waals surface area contributed by atoms with Crippen molar-refractivity contribution in [3.05, 3.63) is 57.0 Å². The molecule has 19 heavy (non-hydrogen) atoms.